The largest absolute Gasteiger partial charge is 0.380 e. The Kier molecular flexibility index (Phi) is 4.91. The third kappa shape index (κ3) is 4.20. The van der Waals surface area contributed by atoms with Crippen molar-refractivity contribution in [3.63, 3.8) is 0 Å². The number of rotatable bonds is 6. The number of amides is 2. The van der Waals surface area contributed by atoms with E-state index in [-0.39, 0.29) is 17.7 Å². The van der Waals surface area contributed by atoms with Crippen LogP contribution in [-0.4, -0.2) is 18.9 Å². The summed E-state index contributed by atoms with van der Waals surface area (Å²) in [6.07, 6.45) is 1.92. The molecule has 0 radical (unpaired) electrons. The molecular weight excluding hydrogens is 304 g/mol. The summed E-state index contributed by atoms with van der Waals surface area (Å²) >= 11 is 0. The monoisotopic (exact) mass is 324 g/mol. The summed E-state index contributed by atoms with van der Waals surface area (Å²) in [6, 6.07) is 14.4. The summed E-state index contributed by atoms with van der Waals surface area (Å²) in [7, 11) is 1.63. The maximum absolute atomic E-state index is 12.3. The SMILES string of the molecule is COCc1ccc(C(=O)Nc2cccc(NC(=O)C3CC3)c2)cc1. The number of methoxy groups -OCH3 is 1. The first-order valence-electron chi connectivity index (χ1n) is 7.96. The van der Waals surface area contributed by atoms with E-state index in [0.29, 0.717) is 23.5 Å². The van der Waals surface area contributed by atoms with E-state index in [1.54, 1.807) is 37.4 Å². The summed E-state index contributed by atoms with van der Waals surface area (Å²) in [4.78, 5) is 24.1. The van der Waals surface area contributed by atoms with Crippen LogP contribution in [0.2, 0.25) is 0 Å². The van der Waals surface area contributed by atoms with Gasteiger partial charge in [0.25, 0.3) is 5.91 Å². The molecule has 1 aliphatic rings. The van der Waals surface area contributed by atoms with Crippen LogP contribution in [0.1, 0.15) is 28.8 Å². The van der Waals surface area contributed by atoms with E-state index in [9.17, 15) is 9.59 Å². The van der Waals surface area contributed by atoms with Crippen LogP contribution in [0.25, 0.3) is 0 Å². The molecule has 24 heavy (non-hydrogen) atoms. The molecule has 0 atom stereocenters. The fourth-order valence-corrected chi connectivity index (χ4v) is 2.39. The Balaban J connectivity index is 1.64. The van der Waals surface area contributed by atoms with Crippen LogP contribution in [-0.2, 0) is 16.1 Å². The predicted molar refractivity (Wildman–Crippen MR) is 92.9 cm³/mol. The van der Waals surface area contributed by atoms with E-state index in [0.717, 1.165) is 18.4 Å². The predicted octanol–water partition coefficient (Wildman–Crippen LogP) is 3.43. The number of anilines is 2. The summed E-state index contributed by atoms with van der Waals surface area (Å²) in [5, 5.41) is 5.72. The van der Waals surface area contributed by atoms with Gasteiger partial charge >= 0.3 is 0 Å². The van der Waals surface area contributed by atoms with E-state index in [2.05, 4.69) is 10.6 Å². The molecule has 0 heterocycles. The molecular formula is C19H20N2O3. The molecule has 5 nitrogen and oxygen atoms in total. The zero-order valence-electron chi connectivity index (χ0n) is 13.5. The fraction of sp³-hybridized carbons (Fsp3) is 0.263. The van der Waals surface area contributed by atoms with Crippen molar-refractivity contribution in [2.75, 3.05) is 17.7 Å². The van der Waals surface area contributed by atoms with E-state index in [1.165, 1.54) is 0 Å². The van der Waals surface area contributed by atoms with Gasteiger partial charge in [-0.1, -0.05) is 18.2 Å². The molecule has 0 aromatic heterocycles. The Morgan fingerprint density at radius 1 is 1.04 bits per heavy atom. The van der Waals surface area contributed by atoms with Gasteiger partial charge in [0, 0.05) is 30.0 Å². The second-order valence-corrected chi connectivity index (χ2v) is 5.93. The van der Waals surface area contributed by atoms with Crippen molar-refractivity contribution in [1.82, 2.24) is 0 Å². The number of hydrogen-bond donors (Lipinski definition) is 2. The Morgan fingerprint density at radius 3 is 2.33 bits per heavy atom. The first kappa shape index (κ1) is 16.2. The van der Waals surface area contributed by atoms with Crippen molar-refractivity contribution in [1.29, 1.82) is 0 Å². The highest BCUT2D eigenvalue weighted by Crippen LogP contribution is 2.30. The average molecular weight is 324 g/mol. The van der Waals surface area contributed by atoms with Crippen molar-refractivity contribution in [3.8, 4) is 0 Å². The molecule has 2 N–H and O–H groups in total. The molecule has 0 bridgehead atoms. The lowest BCUT2D eigenvalue weighted by atomic mass is 10.1. The summed E-state index contributed by atoms with van der Waals surface area (Å²) in [5.74, 6) is 0.00528. The van der Waals surface area contributed by atoms with Gasteiger partial charge in [-0.15, -0.1) is 0 Å². The molecule has 1 aliphatic carbocycles. The number of ether oxygens (including phenoxy) is 1. The molecule has 3 rings (SSSR count). The minimum Gasteiger partial charge on any atom is -0.380 e. The fourth-order valence-electron chi connectivity index (χ4n) is 2.39. The standard InChI is InChI=1S/C19H20N2O3/c1-24-12-13-5-7-14(8-6-13)18(22)20-16-3-2-4-17(11-16)21-19(23)15-9-10-15/h2-8,11,15H,9-10,12H2,1H3,(H,20,22)(H,21,23). The number of hydrogen-bond acceptors (Lipinski definition) is 3. The van der Waals surface area contributed by atoms with Gasteiger partial charge in [-0.25, -0.2) is 0 Å². The Labute approximate surface area is 141 Å². The molecule has 5 heteroatoms. The quantitative estimate of drug-likeness (QED) is 0.855. The van der Waals surface area contributed by atoms with Crippen molar-refractivity contribution in [3.05, 3.63) is 59.7 Å². The summed E-state index contributed by atoms with van der Waals surface area (Å²) in [6.45, 7) is 0.518. The van der Waals surface area contributed by atoms with E-state index < -0.39 is 0 Å². The Hall–Kier alpha value is -2.66. The highest BCUT2D eigenvalue weighted by Gasteiger charge is 2.29. The zero-order valence-corrected chi connectivity index (χ0v) is 13.5. The smallest absolute Gasteiger partial charge is 0.255 e. The molecule has 0 unspecified atom stereocenters. The summed E-state index contributed by atoms with van der Waals surface area (Å²) in [5.41, 5.74) is 2.93. The minimum atomic E-state index is -0.190. The molecule has 1 fully saturated rings. The Bertz CT molecular complexity index is 737. The molecule has 0 saturated heterocycles. The lowest BCUT2D eigenvalue weighted by Crippen LogP contribution is -2.14. The van der Waals surface area contributed by atoms with Crippen LogP contribution in [0, 0.1) is 5.92 Å². The molecule has 0 spiro atoms. The molecule has 2 aromatic rings. The molecule has 0 aliphatic heterocycles. The van der Waals surface area contributed by atoms with Gasteiger partial charge in [0.1, 0.15) is 0 Å². The lowest BCUT2D eigenvalue weighted by Gasteiger charge is -2.09. The van der Waals surface area contributed by atoms with Gasteiger partial charge in [-0.2, -0.15) is 0 Å². The first-order chi connectivity index (χ1) is 11.7. The van der Waals surface area contributed by atoms with Gasteiger partial charge in [0.15, 0.2) is 0 Å². The highest BCUT2D eigenvalue weighted by molar-refractivity contribution is 6.04. The number of nitrogens with one attached hydrogen (secondary N) is 2. The van der Waals surface area contributed by atoms with Gasteiger partial charge < -0.3 is 15.4 Å². The highest BCUT2D eigenvalue weighted by atomic mass is 16.5. The maximum Gasteiger partial charge on any atom is 0.255 e. The van der Waals surface area contributed by atoms with Crippen LogP contribution < -0.4 is 10.6 Å². The van der Waals surface area contributed by atoms with Crippen LogP contribution in [0.3, 0.4) is 0 Å². The topological polar surface area (TPSA) is 67.4 Å². The maximum atomic E-state index is 12.3. The number of benzene rings is 2. The second-order valence-electron chi connectivity index (χ2n) is 5.93. The third-order valence-electron chi connectivity index (χ3n) is 3.86. The van der Waals surface area contributed by atoms with Crippen molar-refractivity contribution in [2.45, 2.75) is 19.4 Å². The third-order valence-corrected chi connectivity index (χ3v) is 3.86. The lowest BCUT2D eigenvalue weighted by molar-refractivity contribution is -0.117. The summed E-state index contributed by atoms with van der Waals surface area (Å²) < 4.78 is 5.05. The van der Waals surface area contributed by atoms with Gasteiger partial charge in [0.2, 0.25) is 5.91 Å². The van der Waals surface area contributed by atoms with Crippen molar-refractivity contribution in [2.24, 2.45) is 5.92 Å². The number of carbonyl (C=O) groups excluding carboxylic acids is 2. The van der Waals surface area contributed by atoms with Crippen LogP contribution >= 0.6 is 0 Å². The van der Waals surface area contributed by atoms with E-state index >= 15 is 0 Å². The van der Waals surface area contributed by atoms with Gasteiger partial charge in [0.05, 0.1) is 6.61 Å². The van der Waals surface area contributed by atoms with E-state index in [1.807, 2.05) is 18.2 Å². The molecule has 1 saturated carbocycles. The number of carbonyl (C=O) groups is 2. The van der Waals surface area contributed by atoms with Crippen LogP contribution in [0.15, 0.2) is 48.5 Å². The second kappa shape index (κ2) is 7.27. The molecule has 2 aromatic carbocycles. The normalized spacial score (nSPS) is 13.4. The Morgan fingerprint density at radius 2 is 1.71 bits per heavy atom. The minimum absolute atomic E-state index is 0.0483. The van der Waals surface area contributed by atoms with Crippen molar-refractivity contribution >= 4 is 23.2 Å². The van der Waals surface area contributed by atoms with Crippen LogP contribution in [0.4, 0.5) is 11.4 Å². The first-order valence-corrected chi connectivity index (χ1v) is 7.96. The van der Waals surface area contributed by atoms with Gasteiger partial charge in [-0.05, 0) is 48.7 Å². The molecule has 124 valence electrons. The van der Waals surface area contributed by atoms with E-state index in [4.69, 9.17) is 4.74 Å². The molecule has 2 amide bonds. The van der Waals surface area contributed by atoms with Gasteiger partial charge in [-0.3, -0.25) is 9.59 Å². The average Bonchev–Trinajstić information content (AvgIpc) is 3.41. The van der Waals surface area contributed by atoms with Crippen molar-refractivity contribution < 1.29 is 14.3 Å². The van der Waals surface area contributed by atoms with Crippen LogP contribution in [0.5, 0.6) is 0 Å². The zero-order chi connectivity index (χ0) is 16.9.